The number of piperidine rings is 1. The first-order valence-electron chi connectivity index (χ1n) is 14.3. The van der Waals surface area contributed by atoms with Crippen molar-refractivity contribution >= 4 is 27.8 Å². The molecule has 1 aliphatic carbocycles. The van der Waals surface area contributed by atoms with Crippen molar-refractivity contribution < 1.29 is 9.90 Å². The van der Waals surface area contributed by atoms with E-state index in [9.17, 15) is 9.90 Å². The van der Waals surface area contributed by atoms with Gasteiger partial charge in [-0.1, -0.05) is 31.7 Å². The van der Waals surface area contributed by atoms with Gasteiger partial charge in [0.2, 0.25) is 0 Å². The third-order valence-electron chi connectivity index (χ3n) is 9.08. The van der Waals surface area contributed by atoms with Gasteiger partial charge in [0.1, 0.15) is 5.69 Å². The number of fused-ring (bicyclic) bond motifs is 4. The normalized spacial score (nSPS) is 19.1. The van der Waals surface area contributed by atoms with Crippen molar-refractivity contribution in [3.63, 3.8) is 0 Å². The lowest BCUT2D eigenvalue weighted by Crippen LogP contribution is -2.28. The summed E-state index contributed by atoms with van der Waals surface area (Å²) >= 11 is 0. The average molecular weight is 497 g/mol. The molecule has 4 aromatic rings. The summed E-state index contributed by atoms with van der Waals surface area (Å²) in [5.74, 6) is -0.366. The predicted molar refractivity (Wildman–Crippen MR) is 147 cm³/mol. The zero-order chi connectivity index (χ0) is 24.9. The second-order valence-corrected chi connectivity index (χ2v) is 11.4. The average Bonchev–Trinajstić information content (AvgIpc) is 3.43. The molecule has 1 aromatic carbocycles. The molecule has 1 saturated carbocycles. The van der Waals surface area contributed by atoms with Gasteiger partial charge >= 0.3 is 5.97 Å². The van der Waals surface area contributed by atoms with Crippen LogP contribution in [0.5, 0.6) is 0 Å². The molecule has 37 heavy (non-hydrogen) atoms. The van der Waals surface area contributed by atoms with E-state index < -0.39 is 5.97 Å². The molecule has 0 radical (unpaired) electrons. The van der Waals surface area contributed by atoms with Gasteiger partial charge in [0.25, 0.3) is 0 Å². The molecular weight excluding hydrogens is 460 g/mol. The number of likely N-dealkylation sites (tertiary alicyclic amines) is 1. The van der Waals surface area contributed by atoms with Gasteiger partial charge in [-0.3, -0.25) is 9.88 Å². The van der Waals surface area contributed by atoms with Crippen LogP contribution >= 0.6 is 0 Å². The minimum atomic E-state index is -0.862. The Kier molecular flexibility index (Phi) is 5.80. The Labute approximate surface area is 217 Å². The molecular formula is C31H36N4O2. The second-order valence-electron chi connectivity index (χ2n) is 11.4. The molecule has 1 saturated heterocycles. The number of hydrogen-bond donors (Lipinski definition) is 1. The summed E-state index contributed by atoms with van der Waals surface area (Å²) in [7, 11) is 0. The van der Waals surface area contributed by atoms with Crippen molar-refractivity contribution in [2.75, 3.05) is 13.1 Å². The highest BCUT2D eigenvalue weighted by Crippen LogP contribution is 2.46. The van der Waals surface area contributed by atoms with Crippen LogP contribution in [0.3, 0.4) is 0 Å². The van der Waals surface area contributed by atoms with Crippen molar-refractivity contribution in [1.82, 2.24) is 19.0 Å². The molecule has 2 fully saturated rings. The van der Waals surface area contributed by atoms with Crippen LogP contribution in [0.4, 0.5) is 0 Å². The van der Waals surface area contributed by atoms with E-state index in [0.29, 0.717) is 11.5 Å². The van der Waals surface area contributed by atoms with E-state index in [1.807, 2.05) is 12.3 Å². The zero-order valence-electron chi connectivity index (χ0n) is 21.6. The van der Waals surface area contributed by atoms with Gasteiger partial charge in [-0.2, -0.15) is 0 Å². The summed E-state index contributed by atoms with van der Waals surface area (Å²) in [5.41, 5.74) is 7.81. The van der Waals surface area contributed by atoms with Crippen LogP contribution in [0.25, 0.3) is 33.2 Å². The monoisotopic (exact) mass is 496 g/mol. The van der Waals surface area contributed by atoms with Gasteiger partial charge in [-0.25, -0.2) is 4.79 Å². The van der Waals surface area contributed by atoms with E-state index in [0.717, 1.165) is 37.3 Å². The Morgan fingerprint density at radius 1 is 0.919 bits per heavy atom. The van der Waals surface area contributed by atoms with Crippen LogP contribution in [-0.2, 0) is 19.6 Å². The number of carbonyl (C=O) groups is 1. The van der Waals surface area contributed by atoms with Crippen LogP contribution in [0.1, 0.15) is 85.2 Å². The first kappa shape index (κ1) is 23.0. The third kappa shape index (κ3) is 3.88. The number of carboxylic acids is 1. The molecule has 0 atom stereocenters. The highest BCUT2D eigenvalue weighted by atomic mass is 16.4. The summed E-state index contributed by atoms with van der Waals surface area (Å²) in [6, 6.07) is 7.97. The number of aromatic nitrogens is 3. The van der Waals surface area contributed by atoms with E-state index in [-0.39, 0.29) is 0 Å². The SMILES string of the molecule is O=C(O)c1ccc2c(C3CCCCC3)c3n(c2c1)CCCn1cc(CN2CCCCC2)c2ccnc-3c21. The molecule has 5 heterocycles. The first-order valence-corrected chi connectivity index (χ1v) is 14.3. The van der Waals surface area contributed by atoms with Gasteiger partial charge in [0.05, 0.1) is 16.8 Å². The van der Waals surface area contributed by atoms with Crippen LogP contribution in [-0.4, -0.2) is 43.2 Å². The molecule has 192 valence electrons. The van der Waals surface area contributed by atoms with Crippen LogP contribution in [0, 0.1) is 0 Å². The smallest absolute Gasteiger partial charge is 0.335 e. The Hall–Kier alpha value is -3.12. The van der Waals surface area contributed by atoms with Crippen molar-refractivity contribution in [2.24, 2.45) is 0 Å². The molecule has 6 heteroatoms. The number of rotatable bonds is 4. The molecule has 1 N–H and O–H groups in total. The molecule has 7 rings (SSSR count). The van der Waals surface area contributed by atoms with Crippen LogP contribution in [0.2, 0.25) is 0 Å². The molecule has 3 aliphatic rings. The van der Waals surface area contributed by atoms with E-state index in [4.69, 9.17) is 4.98 Å². The van der Waals surface area contributed by atoms with E-state index >= 15 is 0 Å². The fraction of sp³-hybridized carbons (Fsp3) is 0.484. The minimum absolute atomic E-state index is 0.364. The number of hydrogen-bond acceptors (Lipinski definition) is 3. The summed E-state index contributed by atoms with van der Waals surface area (Å²) in [4.78, 5) is 19.6. The van der Waals surface area contributed by atoms with E-state index in [1.54, 1.807) is 6.07 Å². The maximum atomic E-state index is 11.9. The summed E-state index contributed by atoms with van der Waals surface area (Å²) in [6.45, 7) is 5.21. The number of aromatic carboxylic acids is 1. The number of pyridine rings is 1. The third-order valence-corrected chi connectivity index (χ3v) is 9.08. The fourth-order valence-corrected chi connectivity index (χ4v) is 7.36. The number of carboxylic acid groups (broad SMARTS) is 1. The first-order chi connectivity index (χ1) is 18.2. The lowest BCUT2D eigenvalue weighted by molar-refractivity contribution is 0.0697. The summed E-state index contributed by atoms with van der Waals surface area (Å²) in [6.07, 6.45) is 15.6. The summed E-state index contributed by atoms with van der Waals surface area (Å²) < 4.78 is 4.87. The quantitative estimate of drug-likeness (QED) is 0.338. The van der Waals surface area contributed by atoms with Gasteiger partial charge in [-0.05, 0) is 80.4 Å². The highest BCUT2D eigenvalue weighted by molar-refractivity contribution is 6.02. The van der Waals surface area contributed by atoms with Crippen molar-refractivity contribution in [3.05, 3.63) is 53.3 Å². The second kappa shape index (κ2) is 9.32. The van der Waals surface area contributed by atoms with Crippen LogP contribution in [0.15, 0.2) is 36.7 Å². The van der Waals surface area contributed by atoms with Gasteiger partial charge < -0.3 is 14.2 Å². The summed E-state index contributed by atoms with van der Waals surface area (Å²) in [5, 5.41) is 12.3. The van der Waals surface area contributed by atoms with Crippen molar-refractivity contribution in [1.29, 1.82) is 0 Å². The van der Waals surface area contributed by atoms with Gasteiger partial charge in [-0.15, -0.1) is 0 Å². The zero-order valence-corrected chi connectivity index (χ0v) is 21.6. The molecule has 2 aliphatic heterocycles. The molecule has 0 bridgehead atoms. The van der Waals surface area contributed by atoms with Crippen molar-refractivity contribution in [2.45, 2.75) is 83.3 Å². The predicted octanol–water partition coefficient (Wildman–Crippen LogP) is 6.79. The Bertz CT molecular complexity index is 1480. The lowest BCUT2D eigenvalue weighted by Gasteiger charge is -2.26. The molecule has 0 amide bonds. The fourth-order valence-electron chi connectivity index (χ4n) is 7.36. The molecule has 3 aromatic heterocycles. The lowest BCUT2D eigenvalue weighted by atomic mass is 9.82. The molecule has 0 unspecified atom stereocenters. The minimum Gasteiger partial charge on any atom is -0.478 e. The highest BCUT2D eigenvalue weighted by Gasteiger charge is 2.30. The molecule has 0 spiro atoms. The Morgan fingerprint density at radius 2 is 1.73 bits per heavy atom. The van der Waals surface area contributed by atoms with Crippen molar-refractivity contribution in [3.8, 4) is 11.4 Å². The van der Waals surface area contributed by atoms with Gasteiger partial charge in [0.15, 0.2) is 0 Å². The number of aryl methyl sites for hydroxylation is 2. The maximum Gasteiger partial charge on any atom is 0.335 e. The van der Waals surface area contributed by atoms with E-state index in [1.165, 1.54) is 97.6 Å². The van der Waals surface area contributed by atoms with E-state index in [2.05, 4.69) is 32.4 Å². The standard InChI is InChI=1S/C31H36N4O2/c36-31(37)22-10-11-25-26(18-22)35-17-7-16-34-20-23(19-33-14-5-2-6-15-33)24-12-13-32-28(29(24)34)30(35)27(25)21-8-3-1-4-9-21/h10-13,18,20-21H,1-9,14-17,19H2,(H,36,37). The Balaban J connectivity index is 1.47. The number of benzene rings is 1. The Morgan fingerprint density at radius 3 is 2.54 bits per heavy atom. The maximum absolute atomic E-state index is 11.9. The largest absolute Gasteiger partial charge is 0.478 e. The number of nitrogens with zero attached hydrogens (tertiary/aromatic N) is 4. The van der Waals surface area contributed by atoms with Crippen LogP contribution < -0.4 is 0 Å². The van der Waals surface area contributed by atoms with Gasteiger partial charge in [0, 0.05) is 48.3 Å². The molecule has 6 nitrogen and oxygen atoms in total. The topological polar surface area (TPSA) is 63.3 Å².